The molecule has 28 heavy (non-hydrogen) atoms. The van der Waals surface area contributed by atoms with Crippen molar-refractivity contribution < 1.29 is 19.8 Å². The Morgan fingerprint density at radius 2 is 1.18 bits per heavy atom. The molecule has 0 spiro atoms. The van der Waals surface area contributed by atoms with Crippen LogP contribution < -0.4 is 11.1 Å². The molecule has 0 fully saturated rings. The van der Waals surface area contributed by atoms with Crippen LogP contribution in [-0.2, 0) is 9.59 Å². The van der Waals surface area contributed by atoms with E-state index in [1.807, 2.05) is 0 Å². The minimum atomic E-state index is -0.962. The van der Waals surface area contributed by atoms with Crippen LogP contribution in [0.2, 0.25) is 0 Å². The summed E-state index contributed by atoms with van der Waals surface area (Å²) in [6.45, 7) is 0.870. The second-order valence-corrected chi connectivity index (χ2v) is 7.81. The number of nitrogens with two attached hydrogens (primary N) is 1. The summed E-state index contributed by atoms with van der Waals surface area (Å²) in [5.41, 5.74) is 5.42. The molecule has 0 radical (unpaired) electrons. The molecule has 0 saturated heterocycles. The van der Waals surface area contributed by atoms with Crippen LogP contribution in [0.25, 0.3) is 0 Å². The van der Waals surface area contributed by atoms with Crippen LogP contribution in [-0.4, -0.2) is 41.3 Å². The molecular formula is C22H44N2O4. The number of rotatable bonds is 21. The molecule has 1 amide bonds. The van der Waals surface area contributed by atoms with Gasteiger partial charge in [0.2, 0.25) is 5.91 Å². The van der Waals surface area contributed by atoms with E-state index in [0.717, 1.165) is 44.9 Å². The van der Waals surface area contributed by atoms with E-state index in [1.54, 1.807) is 0 Å². The first-order valence-corrected chi connectivity index (χ1v) is 11.4. The summed E-state index contributed by atoms with van der Waals surface area (Å²) >= 11 is 0. The van der Waals surface area contributed by atoms with Crippen molar-refractivity contribution in [3.8, 4) is 0 Å². The van der Waals surface area contributed by atoms with E-state index in [0.29, 0.717) is 26.0 Å². The summed E-state index contributed by atoms with van der Waals surface area (Å²) in [5, 5.41) is 20.5. The lowest BCUT2D eigenvalue weighted by atomic mass is 10.0. The molecule has 0 aromatic heterocycles. The Morgan fingerprint density at radius 3 is 1.61 bits per heavy atom. The van der Waals surface area contributed by atoms with E-state index >= 15 is 0 Å². The Labute approximate surface area is 171 Å². The van der Waals surface area contributed by atoms with Crippen LogP contribution in [0, 0.1) is 0 Å². The predicted molar refractivity (Wildman–Crippen MR) is 114 cm³/mol. The van der Waals surface area contributed by atoms with Crippen molar-refractivity contribution in [2.24, 2.45) is 5.73 Å². The van der Waals surface area contributed by atoms with Crippen molar-refractivity contribution >= 4 is 11.9 Å². The third-order valence-electron chi connectivity index (χ3n) is 5.14. The van der Waals surface area contributed by atoms with Gasteiger partial charge in [0.05, 0.1) is 0 Å². The van der Waals surface area contributed by atoms with Gasteiger partial charge >= 0.3 is 5.97 Å². The highest BCUT2D eigenvalue weighted by Crippen LogP contribution is 2.13. The van der Waals surface area contributed by atoms with E-state index in [2.05, 4.69) is 5.32 Å². The fraction of sp³-hybridized carbons (Fsp3) is 0.909. The second-order valence-electron chi connectivity index (χ2n) is 7.81. The van der Waals surface area contributed by atoms with Crippen molar-refractivity contribution in [2.75, 3.05) is 13.2 Å². The molecule has 0 aliphatic carbocycles. The standard InChI is InChI=1S/C22H44N2O4/c23-18-14-13-16-20(22(27)28)24-21(26)17-12-10-8-6-4-2-1-3-5-7-9-11-15-19-25/h20,25H,1-19,23H2,(H,24,26)(H,27,28)/t20-/m0/s1. The summed E-state index contributed by atoms with van der Waals surface area (Å²) in [4.78, 5) is 23.1. The van der Waals surface area contributed by atoms with Crippen molar-refractivity contribution in [3.63, 3.8) is 0 Å². The number of aliphatic hydroxyl groups excluding tert-OH is 1. The quantitative estimate of drug-likeness (QED) is 0.216. The second kappa shape index (κ2) is 20.6. The molecule has 1 atom stereocenters. The lowest BCUT2D eigenvalue weighted by Gasteiger charge is -2.14. The lowest BCUT2D eigenvalue weighted by Crippen LogP contribution is -2.40. The van der Waals surface area contributed by atoms with Crippen molar-refractivity contribution in [1.29, 1.82) is 0 Å². The maximum atomic E-state index is 11.9. The van der Waals surface area contributed by atoms with Gasteiger partial charge in [0.15, 0.2) is 0 Å². The first kappa shape index (κ1) is 26.9. The number of aliphatic hydroxyl groups is 1. The summed E-state index contributed by atoms with van der Waals surface area (Å²) in [5.74, 6) is -1.12. The molecular weight excluding hydrogens is 356 g/mol. The Balaban J connectivity index is 3.45. The number of nitrogens with one attached hydrogen (secondary N) is 1. The van der Waals surface area contributed by atoms with E-state index in [-0.39, 0.29) is 5.91 Å². The summed E-state index contributed by atoms with van der Waals surface area (Å²) < 4.78 is 0. The third kappa shape index (κ3) is 18.2. The smallest absolute Gasteiger partial charge is 0.326 e. The average Bonchev–Trinajstić information content (AvgIpc) is 2.67. The Bertz CT molecular complexity index is 378. The van der Waals surface area contributed by atoms with Gasteiger partial charge in [-0.1, -0.05) is 70.6 Å². The van der Waals surface area contributed by atoms with Crippen LogP contribution in [0.4, 0.5) is 0 Å². The van der Waals surface area contributed by atoms with Crippen LogP contribution in [0.1, 0.15) is 109 Å². The van der Waals surface area contributed by atoms with E-state index in [9.17, 15) is 9.59 Å². The van der Waals surface area contributed by atoms with Crippen molar-refractivity contribution in [2.45, 2.75) is 115 Å². The van der Waals surface area contributed by atoms with Crippen LogP contribution in [0.5, 0.6) is 0 Å². The highest BCUT2D eigenvalue weighted by molar-refractivity contribution is 5.83. The number of carboxylic acids is 1. The largest absolute Gasteiger partial charge is 0.480 e. The normalized spacial score (nSPS) is 12.1. The molecule has 0 rings (SSSR count). The van der Waals surface area contributed by atoms with Crippen LogP contribution >= 0.6 is 0 Å². The molecule has 0 heterocycles. The van der Waals surface area contributed by atoms with Crippen molar-refractivity contribution in [3.05, 3.63) is 0 Å². The first-order chi connectivity index (χ1) is 13.6. The molecule has 6 heteroatoms. The number of unbranched alkanes of at least 4 members (excludes halogenated alkanes) is 13. The zero-order valence-corrected chi connectivity index (χ0v) is 17.8. The summed E-state index contributed by atoms with van der Waals surface area (Å²) in [6.07, 6.45) is 17.7. The molecule has 6 nitrogen and oxygen atoms in total. The number of carboxylic acid groups (broad SMARTS) is 1. The molecule has 0 aromatic carbocycles. The zero-order valence-electron chi connectivity index (χ0n) is 17.8. The number of hydrogen-bond donors (Lipinski definition) is 4. The maximum Gasteiger partial charge on any atom is 0.326 e. The Kier molecular flexibility index (Phi) is 19.8. The average molecular weight is 401 g/mol. The van der Waals surface area contributed by atoms with Crippen LogP contribution in [0.15, 0.2) is 0 Å². The summed E-state index contributed by atoms with van der Waals surface area (Å²) in [6, 6.07) is -0.784. The molecule has 5 N–H and O–H groups in total. The first-order valence-electron chi connectivity index (χ1n) is 11.4. The monoisotopic (exact) mass is 400 g/mol. The molecule has 0 saturated carbocycles. The van der Waals surface area contributed by atoms with Crippen LogP contribution in [0.3, 0.4) is 0 Å². The minimum absolute atomic E-state index is 0.154. The zero-order chi connectivity index (χ0) is 20.9. The fourth-order valence-corrected chi connectivity index (χ4v) is 3.36. The molecule has 0 aliphatic heterocycles. The Hall–Kier alpha value is -1.14. The van der Waals surface area contributed by atoms with Gasteiger partial charge in [-0.15, -0.1) is 0 Å². The van der Waals surface area contributed by atoms with Gasteiger partial charge in [0, 0.05) is 13.0 Å². The topological polar surface area (TPSA) is 113 Å². The number of hydrogen-bond acceptors (Lipinski definition) is 4. The van der Waals surface area contributed by atoms with Gasteiger partial charge in [0.1, 0.15) is 6.04 Å². The van der Waals surface area contributed by atoms with Crippen molar-refractivity contribution in [1.82, 2.24) is 5.32 Å². The van der Waals surface area contributed by atoms with Gasteiger partial charge in [-0.05, 0) is 38.6 Å². The maximum absolute atomic E-state index is 11.9. The lowest BCUT2D eigenvalue weighted by molar-refractivity contribution is -0.142. The molecule has 0 aromatic rings. The number of carbonyl (C=O) groups is 2. The van der Waals surface area contributed by atoms with Gasteiger partial charge in [-0.2, -0.15) is 0 Å². The SMILES string of the molecule is NCCCC[C@H](NC(=O)CCCCCCCCCCCCCCCO)C(=O)O. The fourth-order valence-electron chi connectivity index (χ4n) is 3.36. The van der Waals surface area contributed by atoms with Gasteiger partial charge in [-0.3, -0.25) is 4.79 Å². The molecule has 166 valence electrons. The minimum Gasteiger partial charge on any atom is -0.480 e. The van der Waals surface area contributed by atoms with E-state index in [4.69, 9.17) is 15.9 Å². The molecule has 0 aliphatic rings. The predicted octanol–water partition coefficient (Wildman–Crippen LogP) is 4.14. The van der Waals surface area contributed by atoms with Gasteiger partial charge in [-0.25, -0.2) is 4.79 Å². The highest BCUT2D eigenvalue weighted by Gasteiger charge is 2.18. The Morgan fingerprint density at radius 1 is 0.714 bits per heavy atom. The molecule has 0 bridgehead atoms. The number of carbonyl (C=O) groups excluding carboxylic acids is 1. The number of aliphatic carboxylic acids is 1. The summed E-state index contributed by atoms with van der Waals surface area (Å²) in [7, 11) is 0. The van der Waals surface area contributed by atoms with E-state index in [1.165, 1.54) is 51.4 Å². The number of amides is 1. The van der Waals surface area contributed by atoms with E-state index < -0.39 is 12.0 Å². The van der Waals surface area contributed by atoms with Gasteiger partial charge in [0.25, 0.3) is 0 Å². The molecule has 0 unspecified atom stereocenters. The highest BCUT2D eigenvalue weighted by atomic mass is 16.4. The van der Waals surface area contributed by atoms with Gasteiger partial charge < -0.3 is 21.3 Å². The third-order valence-corrected chi connectivity index (χ3v) is 5.14.